The van der Waals surface area contributed by atoms with Gasteiger partial charge in [-0.3, -0.25) is 4.79 Å². The quantitative estimate of drug-likeness (QED) is 0.378. The number of amides is 1. The maximum absolute atomic E-state index is 12.7. The zero-order valence-electron chi connectivity index (χ0n) is 22.8. The van der Waals surface area contributed by atoms with Gasteiger partial charge in [-0.05, 0) is 57.7 Å². The molecule has 1 fully saturated rings. The van der Waals surface area contributed by atoms with Crippen molar-refractivity contribution in [1.29, 1.82) is 0 Å². The first-order valence-corrected chi connectivity index (χ1v) is 13.1. The third kappa shape index (κ3) is 6.73. The highest BCUT2D eigenvalue weighted by atomic mass is 16.6. The number of aromatic nitrogens is 2. The fourth-order valence-corrected chi connectivity index (χ4v) is 4.69. The predicted molar refractivity (Wildman–Crippen MR) is 145 cm³/mol. The maximum atomic E-state index is 12.7. The molecular weight excluding hydrogens is 482 g/mol. The largest absolute Gasteiger partial charge is 0.487 e. The van der Waals surface area contributed by atoms with Crippen molar-refractivity contribution in [3.05, 3.63) is 72.1 Å². The molecule has 1 saturated heterocycles. The van der Waals surface area contributed by atoms with Crippen LogP contribution in [0, 0.1) is 11.8 Å². The number of nitrogens with zero attached hydrogens (tertiary/aromatic N) is 3. The van der Waals surface area contributed by atoms with Crippen LogP contribution in [0.4, 0.5) is 4.79 Å². The zero-order chi connectivity index (χ0) is 27.3. The van der Waals surface area contributed by atoms with Crippen molar-refractivity contribution in [2.24, 2.45) is 18.9 Å². The molecule has 3 aromatic rings. The van der Waals surface area contributed by atoms with Gasteiger partial charge in [0.1, 0.15) is 23.8 Å². The molecule has 0 saturated carbocycles. The van der Waals surface area contributed by atoms with E-state index >= 15 is 0 Å². The highest BCUT2D eigenvalue weighted by Gasteiger charge is 2.41. The molecule has 0 unspecified atom stereocenters. The first kappa shape index (κ1) is 27.2. The minimum Gasteiger partial charge on any atom is -0.487 e. The molecule has 8 nitrogen and oxygen atoms in total. The first-order valence-electron chi connectivity index (χ1n) is 13.1. The van der Waals surface area contributed by atoms with Crippen molar-refractivity contribution < 1.29 is 23.8 Å². The summed E-state index contributed by atoms with van der Waals surface area (Å²) in [6.07, 6.45) is 2.08. The van der Waals surface area contributed by atoms with Crippen LogP contribution in [0.25, 0.3) is 11.4 Å². The topological polar surface area (TPSA) is 82.9 Å². The second kappa shape index (κ2) is 11.7. The molecule has 0 radical (unpaired) electrons. The SMILES string of the molecule is CCOC(=O)[C@H]1CN(C(=O)OC(C)(C)C)C[C@H]1Cc1ccc(OCc2cnc(-c3ccccc3)n2C)cc1. The van der Waals surface area contributed by atoms with E-state index in [0.29, 0.717) is 32.7 Å². The molecular formula is C30H37N3O5. The number of ether oxygens (including phenoxy) is 3. The lowest BCUT2D eigenvalue weighted by Crippen LogP contribution is -2.36. The number of imidazole rings is 1. The Labute approximate surface area is 224 Å². The van der Waals surface area contributed by atoms with Crippen molar-refractivity contribution >= 4 is 12.1 Å². The molecule has 0 N–H and O–H groups in total. The second-order valence-corrected chi connectivity index (χ2v) is 10.6. The third-order valence-corrected chi connectivity index (χ3v) is 6.61. The van der Waals surface area contributed by atoms with Gasteiger partial charge in [0.15, 0.2) is 0 Å². The standard InChI is InChI=1S/C30H37N3O5/c1-6-36-28(34)26-19-33(29(35)38-30(2,3)4)18-23(26)16-21-12-14-25(15-13-21)37-20-24-17-31-27(32(24)5)22-10-8-7-9-11-22/h7-15,17,23,26H,6,16,18-20H2,1-5H3/t23-,26+/m1/s1. The van der Waals surface area contributed by atoms with Gasteiger partial charge in [-0.2, -0.15) is 0 Å². The molecule has 202 valence electrons. The van der Waals surface area contributed by atoms with Gasteiger partial charge >= 0.3 is 12.1 Å². The first-order chi connectivity index (χ1) is 18.1. The van der Waals surface area contributed by atoms with Gasteiger partial charge in [0.25, 0.3) is 0 Å². The summed E-state index contributed by atoms with van der Waals surface area (Å²) in [6.45, 7) is 8.75. The van der Waals surface area contributed by atoms with Gasteiger partial charge < -0.3 is 23.7 Å². The van der Waals surface area contributed by atoms with Crippen LogP contribution in [-0.2, 0) is 34.3 Å². The zero-order valence-corrected chi connectivity index (χ0v) is 22.8. The Morgan fingerprint density at radius 1 is 1.03 bits per heavy atom. The molecule has 1 aromatic heterocycles. The van der Waals surface area contributed by atoms with Gasteiger partial charge in [0.2, 0.25) is 0 Å². The average Bonchev–Trinajstić information content (AvgIpc) is 3.47. The molecule has 2 atom stereocenters. The van der Waals surface area contributed by atoms with Crippen molar-refractivity contribution in [3.8, 4) is 17.1 Å². The van der Waals surface area contributed by atoms with Crippen molar-refractivity contribution in [2.75, 3.05) is 19.7 Å². The van der Waals surface area contributed by atoms with Gasteiger partial charge in [0, 0.05) is 25.7 Å². The molecule has 0 aliphatic carbocycles. The summed E-state index contributed by atoms with van der Waals surface area (Å²) in [5, 5.41) is 0. The van der Waals surface area contributed by atoms with Crippen molar-refractivity contribution in [2.45, 2.75) is 46.3 Å². The van der Waals surface area contributed by atoms with Crippen molar-refractivity contribution in [1.82, 2.24) is 14.5 Å². The number of hydrogen-bond acceptors (Lipinski definition) is 6. The van der Waals surface area contributed by atoms with E-state index in [1.165, 1.54) is 0 Å². The van der Waals surface area contributed by atoms with Gasteiger partial charge in [0.05, 0.1) is 24.4 Å². The number of likely N-dealkylation sites (tertiary alicyclic amines) is 1. The molecule has 1 aliphatic heterocycles. The van der Waals surface area contributed by atoms with Gasteiger partial charge in [-0.25, -0.2) is 9.78 Å². The number of rotatable bonds is 8. The molecule has 1 aliphatic rings. The predicted octanol–water partition coefficient (Wildman–Crippen LogP) is 5.25. The lowest BCUT2D eigenvalue weighted by Gasteiger charge is -2.24. The number of esters is 1. The lowest BCUT2D eigenvalue weighted by molar-refractivity contribution is -0.148. The van der Waals surface area contributed by atoms with Crippen LogP contribution in [0.2, 0.25) is 0 Å². The Morgan fingerprint density at radius 2 is 1.74 bits per heavy atom. The highest BCUT2D eigenvalue weighted by molar-refractivity contribution is 5.76. The number of carbonyl (C=O) groups is 2. The summed E-state index contributed by atoms with van der Waals surface area (Å²) in [7, 11) is 1.99. The van der Waals surface area contributed by atoms with E-state index < -0.39 is 11.7 Å². The Bertz CT molecular complexity index is 1230. The van der Waals surface area contributed by atoms with Gasteiger partial charge in [-0.1, -0.05) is 42.5 Å². The van der Waals surface area contributed by atoms with Crippen molar-refractivity contribution in [3.63, 3.8) is 0 Å². The molecule has 2 aromatic carbocycles. The monoisotopic (exact) mass is 519 g/mol. The van der Waals surface area contributed by atoms with Crippen LogP contribution in [-0.4, -0.2) is 51.8 Å². The van der Waals surface area contributed by atoms with E-state index in [2.05, 4.69) is 4.98 Å². The van der Waals surface area contributed by atoms with Crippen LogP contribution in [0.1, 0.15) is 39.0 Å². The van der Waals surface area contributed by atoms with E-state index in [1.807, 2.05) is 93.2 Å². The molecule has 38 heavy (non-hydrogen) atoms. The van der Waals surface area contributed by atoms with Crippen LogP contribution < -0.4 is 4.74 Å². The summed E-state index contributed by atoms with van der Waals surface area (Å²) < 4.78 is 18.9. The molecule has 0 spiro atoms. The Balaban J connectivity index is 1.38. The highest BCUT2D eigenvalue weighted by Crippen LogP contribution is 2.30. The fourth-order valence-electron chi connectivity index (χ4n) is 4.69. The smallest absolute Gasteiger partial charge is 0.410 e. The van der Waals surface area contributed by atoms with Crippen LogP contribution in [0.15, 0.2) is 60.8 Å². The summed E-state index contributed by atoms with van der Waals surface area (Å²) in [6, 6.07) is 17.9. The minimum absolute atomic E-state index is 0.0563. The van der Waals surface area contributed by atoms with E-state index in [-0.39, 0.29) is 17.8 Å². The Kier molecular flexibility index (Phi) is 8.39. The summed E-state index contributed by atoms with van der Waals surface area (Å²) >= 11 is 0. The minimum atomic E-state index is -0.594. The molecule has 2 heterocycles. The molecule has 0 bridgehead atoms. The number of carbonyl (C=O) groups excluding carboxylic acids is 2. The van der Waals surface area contributed by atoms with E-state index in [9.17, 15) is 9.59 Å². The average molecular weight is 520 g/mol. The number of hydrogen-bond donors (Lipinski definition) is 0. The normalized spacial score (nSPS) is 17.3. The molecule has 1 amide bonds. The summed E-state index contributed by atoms with van der Waals surface area (Å²) in [5.41, 5.74) is 2.50. The van der Waals surface area contributed by atoms with Crippen LogP contribution in [0.3, 0.4) is 0 Å². The summed E-state index contributed by atoms with van der Waals surface area (Å²) in [4.78, 5) is 31.5. The van der Waals surface area contributed by atoms with Crippen LogP contribution >= 0.6 is 0 Å². The lowest BCUT2D eigenvalue weighted by atomic mass is 9.90. The Morgan fingerprint density at radius 3 is 2.39 bits per heavy atom. The third-order valence-electron chi connectivity index (χ3n) is 6.61. The molecule has 8 heteroatoms. The second-order valence-electron chi connectivity index (χ2n) is 10.6. The van der Waals surface area contributed by atoms with Gasteiger partial charge in [-0.15, -0.1) is 0 Å². The van der Waals surface area contributed by atoms with E-state index in [4.69, 9.17) is 14.2 Å². The van der Waals surface area contributed by atoms with Crippen LogP contribution in [0.5, 0.6) is 5.75 Å². The van der Waals surface area contributed by atoms with E-state index in [0.717, 1.165) is 28.4 Å². The molecule has 4 rings (SSSR count). The fraction of sp³-hybridized carbons (Fsp3) is 0.433. The number of benzene rings is 2. The summed E-state index contributed by atoms with van der Waals surface area (Å²) in [5.74, 6) is 0.934. The Hall–Kier alpha value is -3.81. The maximum Gasteiger partial charge on any atom is 0.410 e. The van der Waals surface area contributed by atoms with E-state index in [1.54, 1.807) is 11.8 Å².